The number of carboxylic acids is 1. The standard InChI is InChI=1S/C13H20N2O2S/c16-13(17)8-11(10-4-2-1-3-5-10)15-9-12-14-6-7-18-12/h6-7,10-11,15H,1-5,8-9H2,(H,16,17)/t11-/m0/s1. The van der Waals surface area contributed by atoms with E-state index in [2.05, 4.69) is 10.3 Å². The monoisotopic (exact) mass is 268 g/mol. The van der Waals surface area contributed by atoms with Gasteiger partial charge in [-0.3, -0.25) is 4.79 Å². The summed E-state index contributed by atoms with van der Waals surface area (Å²) in [4.78, 5) is 15.2. The van der Waals surface area contributed by atoms with E-state index in [0.717, 1.165) is 17.8 Å². The molecule has 0 radical (unpaired) electrons. The van der Waals surface area contributed by atoms with Crippen LogP contribution in [0.3, 0.4) is 0 Å². The van der Waals surface area contributed by atoms with E-state index >= 15 is 0 Å². The minimum atomic E-state index is -0.711. The summed E-state index contributed by atoms with van der Waals surface area (Å²) in [5.74, 6) is -0.202. The van der Waals surface area contributed by atoms with Gasteiger partial charge in [0.25, 0.3) is 0 Å². The lowest BCUT2D eigenvalue weighted by Crippen LogP contribution is -2.38. The summed E-state index contributed by atoms with van der Waals surface area (Å²) in [7, 11) is 0. The van der Waals surface area contributed by atoms with Crippen molar-refractivity contribution < 1.29 is 9.90 Å². The van der Waals surface area contributed by atoms with Gasteiger partial charge in [-0.25, -0.2) is 4.98 Å². The third-order valence-electron chi connectivity index (χ3n) is 3.61. The van der Waals surface area contributed by atoms with E-state index in [1.807, 2.05) is 5.38 Å². The number of nitrogens with one attached hydrogen (secondary N) is 1. The minimum absolute atomic E-state index is 0.0895. The first-order valence-electron chi connectivity index (χ1n) is 6.59. The first-order valence-corrected chi connectivity index (χ1v) is 7.47. The molecule has 1 aromatic heterocycles. The van der Waals surface area contributed by atoms with Crippen molar-refractivity contribution in [1.82, 2.24) is 10.3 Å². The number of rotatable bonds is 6. The lowest BCUT2D eigenvalue weighted by atomic mass is 9.82. The number of nitrogens with zero attached hydrogens (tertiary/aromatic N) is 1. The normalized spacial score (nSPS) is 18.7. The van der Waals surface area contributed by atoms with E-state index in [1.54, 1.807) is 17.5 Å². The fraction of sp³-hybridized carbons (Fsp3) is 0.692. The molecule has 0 unspecified atom stereocenters. The van der Waals surface area contributed by atoms with Gasteiger partial charge in [0.15, 0.2) is 0 Å². The van der Waals surface area contributed by atoms with Crippen LogP contribution in [-0.2, 0) is 11.3 Å². The molecule has 18 heavy (non-hydrogen) atoms. The van der Waals surface area contributed by atoms with Crippen LogP contribution in [-0.4, -0.2) is 22.1 Å². The van der Waals surface area contributed by atoms with E-state index < -0.39 is 5.97 Å². The van der Waals surface area contributed by atoms with E-state index in [9.17, 15) is 4.79 Å². The lowest BCUT2D eigenvalue weighted by Gasteiger charge is -2.30. The van der Waals surface area contributed by atoms with Gasteiger partial charge in [0.1, 0.15) is 5.01 Å². The summed E-state index contributed by atoms with van der Waals surface area (Å²) in [6.07, 6.45) is 8.08. The number of carbonyl (C=O) groups is 1. The predicted octanol–water partition coefficient (Wildman–Crippen LogP) is 2.66. The topological polar surface area (TPSA) is 62.2 Å². The average molecular weight is 268 g/mol. The molecule has 1 aliphatic rings. The van der Waals surface area contributed by atoms with E-state index in [4.69, 9.17) is 5.11 Å². The van der Waals surface area contributed by atoms with E-state index in [1.165, 1.54) is 19.3 Å². The summed E-state index contributed by atoms with van der Waals surface area (Å²) < 4.78 is 0. The molecule has 0 amide bonds. The molecule has 4 nitrogen and oxygen atoms in total. The van der Waals surface area contributed by atoms with Gasteiger partial charge in [-0.15, -0.1) is 11.3 Å². The Hall–Kier alpha value is -0.940. The Kier molecular flexibility index (Phi) is 5.13. The van der Waals surface area contributed by atoms with Crippen LogP contribution in [0, 0.1) is 5.92 Å². The summed E-state index contributed by atoms with van der Waals surface area (Å²) >= 11 is 1.61. The van der Waals surface area contributed by atoms with Crippen LogP contribution < -0.4 is 5.32 Å². The van der Waals surface area contributed by atoms with Gasteiger partial charge in [-0.2, -0.15) is 0 Å². The second kappa shape index (κ2) is 6.85. The van der Waals surface area contributed by atoms with Gasteiger partial charge in [0.05, 0.1) is 6.42 Å². The largest absolute Gasteiger partial charge is 0.481 e. The Morgan fingerprint density at radius 1 is 1.50 bits per heavy atom. The molecule has 1 fully saturated rings. The molecule has 1 atom stereocenters. The molecule has 1 aliphatic carbocycles. The summed E-state index contributed by atoms with van der Waals surface area (Å²) in [6.45, 7) is 0.687. The molecule has 1 saturated carbocycles. The Balaban J connectivity index is 1.89. The number of thiazole rings is 1. The predicted molar refractivity (Wildman–Crippen MR) is 71.6 cm³/mol. The summed E-state index contributed by atoms with van der Waals surface area (Å²) in [6, 6.07) is 0.0895. The van der Waals surface area contributed by atoms with Crippen molar-refractivity contribution >= 4 is 17.3 Å². The maximum atomic E-state index is 11.0. The molecule has 0 aliphatic heterocycles. The Morgan fingerprint density at radius 2 is 2.28 bits per heavy atom. The number of hydrogen-bond donors (Lipinski definition) is 2. The van der Waals surface area contributed by atoms with Crippen molar-refractivity contribution in [1.29, 1.82) is 0 Å². The third kappa shape index (κ3) is 4.07. The van der Waals surface area contributed by atoms with Gasteiger partial charge >= 0.3 is 5.97 Å². The first kappa shape index (κ1) is 13.5. The maximum absolute atomic E-state index is 11.0. The third-order valence-corrected chi connectivity index (χ3v) is 4.39. The van der Waals surface area contributed by atoms with Crippen molar-refractivity contribution in [3.8, 4) is 0 Å². The molecule has 1 heterocycles. The second-order valence-corrected chi connectivity index (χ2v) is 5.89. The smallest absolute Gasteiger partial charge is 0.304 e. The van der Waals surface area contributed by atoms with Crippen LogP contribution in [0.4, 0.5) is 0 Å². The molecule has 0 saturated heterocycles. The summed E-state index contributed by atoms with van der Waals surface area (Å²) in [5, 5.41) is 15.4. The molecule has 0 bridgehead atoms. The fourth-order valence-electron chi connectivity index (χ4n) is 2.69. The lowest BCUT2D eigenvalue weighted by molar-refractivity contribution is -0.138. The Morgan fingerprint density at radius 3 is 2.89 bits per heavy atom. The average Bonchev–Trinajstić information content (AvgIpc) is 2.88. The van der Waals surface area contributed by atoms with Crippen molar-refractivity contribution in [3.05, 3.63) is 16.6 Å². The molecule has 0 spiro atoms. The molecule has 5 heteroatoms. The van der Waals surface area contributed by atoms with Crippen molar-refractivity contribution in [2.45, 2.75) is 51.1 Å². The highest BCUT2D eigenvalue weighted by atomic mass is 32.1. The van der Waals surface area contributed by atoms with Crippen molar-refractivity contribution in [2.24, 2.45) is 5.92 Å². The maximum Gasteiger partial charge on any atom is 0.304 e. The minimum Gasteiger partial charge on any atom is -0.481 e. The SMILES string of the molecule is O=C(O)C[C@H](NCc1nccs1)C1CCCCC1. The highest BCUT2D eigenvalue weighted by Gasteiger charge is 2.25. The Labute approximate surface area is 111 Å². The highest BCUT2D eigenvalue weighted by molar-refractivity contribution is 7.09. The van der Waals surface area contributed by atoms with E-state index in [0.29, 0.717) is 12.5 Å². The van der Waals surface area contributed by atoms with Crippen LogP contribution in [0.2, 0.25) is 0 Å². The number of aliphatic carboxylic acids is 1. The van der Waals surface area contributed by atoms with Crippen LogP contribution >= 0.6 is 11.3 Å². The van der Waals surface area contributed by atoms with Gasteiger partial charge in [-0.1, -0.05) is 19.3 Å². The Bertz CT molecular complexity index is 361. The molecular formula is C13H20N2O2S. The molecule has 2 rings (SSSR count). The molecular weight excluding hydrogens is 248 g/mol. The van der Waals surface area contributed by atoms with Gasteiger partial charge in [0.2, 0.25) is 0 Å². The van der Waals surface area contributed by atoms with Gasteiger partial charge in [0, 0.05) is 24.2 Å². The number of carboxylic acid groups (broad SMARTS) is 1. The molecule has 100 valence electrons. The number of aromatic nitrogens is 1. The molecule has 2 N–H and O–H groups in total. The van der Waals surface area contributed by atoms with Gasteiger partial charge < -0.3 is 10.4 Å². The quantitative estimate of drug-likeness (QED) is 0.832. The first-order chi connectivity index (χ1) is 8.75. The second-order valence-electron chi connectivity index (χ2n) is 4.91. The summed E-state index contributed by atoms with van der Waals surface area (Å²) in [5.41, 5.74) is 0. The zero-order valence-corrected chi connectivity index (χ0v) is 11.3. The zero-order chi connectivity index (χ0) is 12.8. The van der Waals surface area contributed by atoms with Crippen molar-refractivity contribution in [2.75, 3.05) is 0 Å². The van der Waals surface area contributed by atoms with Crippen LogP contribution in [0.1, 0.15) is 43.5 Å². The van der Waals surface area contributed by atoms with Crippen LogP contribution in [0.15, 0.2) is 11.6 Å². The van der Waals surface area contributed by atoms with Gasteiger partial charge in [-0.05, 0) is 18.8 Å². The molecule has 0 aromatic carbocycles. The molecule has 1 aromatic rings. The van der Waals surface area contributed by atoms with Crippen LogP contribution in [0.25, 0.3) is 0 Å². The van der Waals surface area contributed by atoms with E-state index in [-0.39, 0.29) is 12.5 Å². The fourth-order valence-corrected chi connectivity index (χ4v) is 3.26. The highest BCUT2D eigenvalue weighted by Crippen LogP contribution is 2.28. The van der Waals surface area contributed by atoms with Crippen molar-refractivity contribution in [3.63, 3.8) is 0 Å². The van der Waals surface area contributed by atoms with Crippen LogP contribution in [0.5, 0.6) is 0 Å². The number of hydrogen-bond acceptors (Lipinski definition) is 4. The zero-order valence-electron chi connectivity index (χ0n) is 10.5.